The molecule has 2 nitrogen and oxygen atoms in total. The molecular weight excluding hydrogens is 228 g/mol. The number of thioether (sulfide) groups is 1. The lowest BCUT2D eigenvalue weighted by Crippen LogP contribution is -2.52. The third-order valence-corrected chi connectivity index (χ3v) is 6.19. The highest BCUT2D eigenvalue weighted by Crippen LogP contribution is 2.37. The Balaban J connectivity index is 1.82. The minimum atomic E-state index is 0.506. The average molecular weight is 256 g/mol. The molecule has 0 amide bonds. The molecule has 100 valence electrons. The summed E-state index contributed by atoms with van der Waals surface area (Å²) in [4.78, 5) is 2.49. The van der Waals surface area contributed by atoms with Crippen molar-refractivity contribution in [2.75, 3.05) is 25.9 Å². The number of hydrogen-bond acceptors (Lipinski definition) is 3. The van der Waals surface area contributed by atoms with E-state index in [-0.39, 0.29) is 0 Å². The van der Waals surface area contributed by atoms with Crippen LogP contribution < -0.4 is 5.32 Å². The van der Waals surface area contributed by atoms with Gasteiger partial charge in [0.15, 0.2) is 0 Å². The molecule has 4 unspecified atom stereocenters. The highest BCUT2D eigenvalue weighted by molar-refractivity contribution is 8.00. The van der Waals surface area contributed by atoms with E-state index >= 15 is 0 Å². The lowest BCUT2D eigenvalue weighted by Gasteiger charge is -2.41. The molecule has 2 fully saturated rings. The predicted molar refractivity (Wildman–Crippen MR) is 77.8 cm³/mol. The largest absolute Gasteiger partial charge is 0.312 e. The van der Waals surface area contributed by atoms with E-state index in [0.717, 1.165) is 18.0 Å². The highest BCUT2D eigenvalue weighted by Gasteiger charge is 2.33. The van der Waals surface area contributed by atoms with Crippen LogP contribution in [-0.2, 0) is 0 Å². The zero-order valence-corrected chi connectivity index (χ0v) is 12.6. The normalized spacial score (nSPS) is 44.1. The molecule has 0 aromatic carbocycles. The fourth-order valence-electron chi connectivity index (χ4n) is 3.15. The van der Waals surface area contributed by atoms with Gasteiger partial charge in [0.1, 0.15) is 0 Å². The maximum Gasteiger partial charge on any atom is 0.0256 e. The summed E-state index contributed by atoms with van der Waals surface area (Å²) in [5.41, 5.74) is 0. The second-order valence-corrected chi connectivity index (χ2v) is 8.07. The van der Waals surface area contributed by atoms with Gasteiger partial charge in [0.05, 0.1) is 0 Å². The molecule has 2 rings (SSSR count). The Labute approximate surface area is 111 Å². The Hall–Kier alpha value is 0.270. The minimum Gasteiger partial charge on any atom is -0.312 e. The number of nitrogens with zero attached hydrogens (tertiary/aromatic N) is 1. The molecule has 0 radical (unpaired) electrons. The van der Waals surface area contributed by atoms with Crippen LogP contribution in [0.5, 0.6) is 0 Å². The number of piperidine rings is 1. The molecule has 0 aromatic heterocycles. The number of nitrogens with one attached hydrogen (secondary N) is 1. The molecule has 2 saturated heterocycles. The van der Waals surface area contributed by atoms with Gasteiger partial charge in [0.25, 0.3) is 0 Å². The van der Waals surface area contributed by atoms with Crippen LogP contribution >= 0.6 is 11.8 Å². The topological polar surface area (TPSA) is 15.3 Å². The van der Waals surface area contributed by atoms with Crippen LogP contribution in [0.2, 0.25) is 0 Å². The van der Waals surface area contributed by atoms with E-state index in [1.807, 2.05) is 0 Å². The Bertz CT molecular complexity index is 251. The molecule has 0 spiro atoms. The summed E-state index contributed by atoms with van der Waals surface area (Å²) in [6.45, 7) is 9.61. The Morgan fingerprint density at radius 2 is 2.18 bits per heavy atom. The van der Waals surface area contributed by atoms with Crippen LogP contribution in [0.1, 0.15) is 40.0 Å². The summed E-state index contributed by atoms with van der Waals surface area (Å²) in [6, 6.07) is 1.45. The van der Waals surface area contributed by atoms with Gasteiger partial charge < -0.3 is 10.2 Å². The summed E-state index contributed by atoms with van der Waals surface area (Å²) in [5, 5.41) is 3.86. The van der Waals surface area contributed by atoms with Crippen molar-refractivity contribution in [2.24, 2.45) is 5.92 Å². The first-order valence-electron chi connectivity index (χ1n) is 7.08. The van der Waals surface area contributed by atoms with Crippen molar-refractivity contribution in [3.8, 4) is 0 Å². The summed E-state index contributed by atoms with van der Waals surface area (Å²) in [7, 11) is 2.26. The SMILES string of the molecule is CC1CN(C)C(C)CC1NCC1(C)CCCS1. The smallest absolute Gasteiger partial charge is 0.0256 e. The Morgan fingerprint density at radius 3 is 2.82 bits per heavy atom. The zero-order chi connectivity index (χ0) is 12.5. The molecule has 2 heterocycles. The molecule has 2 aliphatic heterocycles. The van der Waals surface area contributed by atoms with Gasteiger partial charge in [0.2, 0.25) is 0 Å². The Kier molecular flexibility index (Phi) is 4.43. The van der Waals surface area contributed by atoms with Crippen molar-refractivity contribution in [1.82, 2.24) is 10.2 Å². The van der Waals surface area contributed by atoms with E-state index in [0.29, 0.717) is 4.75 Å². The van der Waals surface area contributed by atoms with Crippen molar-refractivity contribution in [1.29, 1.82) is 0 Å². The summed E-state index contributed by atoms with van der Waals surface area (Å²) >= 11 is 2.16. The third-order valence-electron chi connectivity index (χ3n) is 4.65. The molecule has 0 saturated carbocycles. The first-order valence-corrected chi connectivity index (χ1v) is 8.06. The van der Waals surface area contributed by atoms with Crippen LogP contribution in [0.4, 0.5) is 0 Å². The fraction of sp³-hybridized carbons (Fsp3) is 1.00. The molecule has 2 aliphatic rings. The quantitative estimate of drug-likeness (QED) is 0.835. The van der Waals surface area contributed by atoms with Crippen LogP contribution in [0.3, 0.4) is 0 Å². The number of hydrogen-bond donors (Lipinski definition) is 1. The maximum absolute atomic E-state index is 3.86. The van der Waals surface area contributed by atoms with Gasteiger partial charge in [-0.1, -0.05) is 6.92 Å². The van der Waals surface area contributed by atoms with Crippen molar-refractivity contribution in [2.45, 2.75) is 56.9 Å². The van der Waals surface area contributed by atoms with E-state index in [4.69, 9.17) is 0 Å². The maximum atomic E-state index is 3.86. The van der Waals surface area contributed by atoms with Gasteiger partial charge >= 0.3 is 0 Å². The third kappa shape index (κ3) is 3.39. The molecule has 17 heavy (non-hydrogen) atoms. The molecular formula is C14H28N2S. The van der Waals surface area contributed by atoms with Crippen molar-refractivity contribution in [3.05, 3.63) is 0 Å². The van der Waals surface area contributed by atoms with Gasteiger partial charge in [-0.25, -0.2) is 0 Å². The van der Waals surface area contributed by atoms with E-state index in [1.165, 1.54) is 38.1 Å². The van der Waals surface area contributed by atoms with Crippen LogP contribution in [0.25, 0.3) is 0 Å². The lowest BCUT2D eigenvalue weighted by atomic mass is 9.89. The monoisotopic (exact) mass is 256 g/mol. The van der Waals surface area contributed by atoms with E-state index in [1.54, 1.807) is 0 Å². The van der Waals surface area contributed by atoms with Gasteiger partial charge in [-0.3, -0.25) is 0 Å². The first kappa shape index (κ1) is 13.7. The molecule has 0 aromatic rings. The first-order chi connectivity index (χ1) is 8.00. The second kappa shape index (κ2) is 5.50. The lowest BCUT2D eigenvalue weighted by molar-refractivity contribution is 0.120. The second-order valence-electron chi connectivity index (χ2n) is 6.39. The molecule has 0 bridgehead atoms. The van der Waals surface area contributed by atoms with Gasteiger partial charge in [-0.05, 0) is 51.8 Å². The van der Waals surface area contributed by atoms with Crippen LogP contribution in [0, 0.1) is 5.92 Å². The van der Waals surface area contributed by atoms with Gasteiger partial charge in [0, 0.05) is 29.9 Å². The summed E-state index contributed by atoms with van der Waals surface area (Å²) in [6.07, 6.45) is 4.10. The number of rotatable bonds is 3. The predicted octanol–water partition coefficient (Wildman–Crippen LogP) is 2.59. The van der Waals surface area contributed by atoms with Gasteiger partial charge in [-0.15, -0.1) is 0 Å². The van der Waals surface area contributed by atoms with Crippen LogP contribution in [0.15, 0.2) is 0 Å². The van der Waals surface area contributed by atoms with E-state index in [2.05, 4.69) is 49.8 Å². The fourth-order valence-corrected chi connectivity index (χ4v) is 4.40. The average Bonchev–Trinajstić information content (AvgIpc) is 2.69. The van der Waals surface area contributed by atoms with Crippen molar-refractivity contribution < 1.29 is 0 Å². The van der Waals surface area contributed by atoms with E-state index < -0.39 is 0 Å². The molecule has 3 heteroatoms. The summed E-state index contributed by atoms with van der Waals surface area (Å²) in [5.74, 6) is 2.14. The minimum absolute atomic E-state index is 0.506. The van der Waals surface area contributed by atoms with Crippen molar-refractivity contribution in [3.63, 3.8) is 0 Å². The molecule has 0 aliphatic carbocycles. The highest BCUT2D eigenvalue weighted by atomic mass is 32.2. The zero-order valence-electron chi connectivity index (χ0n) is 11.8. The summed E-state index contributed by atoms with van der Waals surface area (Å²) < 4.78 is 0.506. The standard InChI is InChI=1S/C14H28N2S/c1-11-9-16(4)12(2)8-13(11)15-10-14(3)6-5-7-17-14/h11-13,15H,5-10H2,1-4H3. The molecule has 4 atom stereocenters. The van der Waals surface area contributed by atoms with Crippen molar-refractivity contribution >= 4 is 11.8 Å². The van der Waals surface area contributed by atoms with E-state index in [9.17, 15) is 0 Å². The Morgan fingerprint density at radius 1 is 1.41 bits per heavy atom. The van der Waals surface area contributed by atoms with Crippen LogP contribution in [-0.4, -0.2) is 47.6 Å². The number of likely N-dealkylation sites (tertiary alicyclic amines) is 1. The molecule has 1 N–H and O–H groups in total. The van der Waals surface area contributed by atoms with Gasteiger partial charge in [-0.2, -0.15) is 11.8 Å².